The third-order valence-electron chi connectivity index (χ3n) is 5.34. The van der Waals surface area contributed by atoms with Gasteiger partial charge in [-0.1, -0.05) is 60.7 Å². The van der Waals surface area contributed by atoms with Crippen molar-refractivity contribution in [1.82, 2.24) is 4.98 Å². The fourth-order valence-electron chi connectivity index (χ4n) is 4.11. The molecule has 1 aliphatic carbocycles. The molecule has 1 N–H and O–H groups in total. The van der Waals surface area contributed by atoms with Crippen molar-refractivity contribution in [2.75, 3.05) is 5.32 Å². The molecule has 1 amide bonds. The molecule has 0 spiro atoms. The molecule has 1 aliphatic rings. The van der Waals surface area contributed by atoms with Crippen molar-refractivity contribution in [3.8, 4) is 0 Å². The number of nitrogens with one attached hydrogen (secondary N) is 1. The Kier molecular flexibility index (Phi) is 4.66. The molecule has 0 bridgehead atoms. The quantitative estimate of drug-likeness (QED) is 0.654. The number of amides is 1. The van der Waals surface area contributed by atoms with Crippen LogP contribution in [0.4, 0.5) is 5.13 Å². The topological polar surface area (TPSA) is 42.0 Å². The number of allylic oxidation sites excluding steroid dienone is 1. The van der Waals surface area contributed by atoms with Crippen LogP contribution < -0.4 is 5.32 Å². The zero-order valence-corrected chi connectivity index (χ0v) is 16.3. The maximum absolute atomic E-state index is 13.3. The highest BCUT2D eigenvalue weighted by Gasteiger charge is 2.48. The van der Waals surface area contributed by atoms with Crippen molar-refractivity contribution in [2.45, 2.75) is 26.2 Å². The van der Waals surface area contributed by atoms with Crippen LogP contribution in [-0.4, -0.2) is 10.9 Å². The maximum atomic E-state index is 13.3. The Hall–Kier alpha value is -2.72. The lowest BCUT2D eigenvalue weighted by Gasteiger charge is -2.31. The first-order valence-corrected chi connectivity index (χ1v) is 10.0. The number of nitrogens with zero attached hydrogens (tertiary/aromatic N) is 1. The fourth-order valence-corrected chi connectivity index (χ4v) is 4.63. The van der Waals surface area contributed by atoms with E-state index in [0.717, 1.165) is 6.42 Å². The summed E-state index contributed by atoms with van der Waals surface area (Å²) >= 11 is 1.45. The van der Waals surface area contributed by atoms with Gasteiger partial charge in [-0.25, -0.2) is 4.98 Å². The van der Waals surface area contributed by atoms with Gasteiger partial charge in [0.25, 0.3) is 0 Å². The van der Waals surface area contributed by atoms with Crippen LogP contribution in [0.2, 0.25) is 0 Å². The van der Waals surface area contributed by atoms with E-state index in [9.17, 15) is 4.79 Å². The maximum Gasteiger partial charge on any atom is 0.233 e. The summed E-state index contributed by atoms with van der Waals surface area (Å²) in [5.41, 5.74) is 4.26. The molecule has 0 saturated heterocycles. The van der Waals surface area contributed by atoms with Crippen LogP contribution in [-0.2, 0) is 11.2 Å². The molecule has 4 rings (SSSR count). The lowest BCUT2D eigenvalue weighted by molar-refractivity contribution is -0.125. The third-order valence-corrected chi connectivity index (χ3v) is 6.03. The number of aromatic nitrogens is 1. The number of benzene rings is 2. The van der Waals surface area contributed by atoms with E-state index in [1.807, 2.05) is 36.6 Å². The Labute approximate surface area is 163 Å². The Morgan fingerprint density at radius 1 is 1.26 bits per heavy atom. The van der Waals surface area contributed by atoms with Crippen molar-refractivity contribution >= 4 is 28.5 Å². The summed E-state index contributed by atoms with van der Waals surface area (Å²) in [7, 11) is 0. The van der Waals surface area contributed by atoms with Gasteiger partial charge in [0.2, 0.25) is 5.91 Å². The number of fused-ring (bicyclic) bond motifs is 1. The lowest BCUT2D eigenvalue weighted by atomic mass is 9.73. The van der Waals surface area contributed by atoms with Crippen LogP contribution in [0.25, 0.3) is 6.08 Å². The minimum atomic E-state index is -0.566. The van der Waals surface area contributed by atoms with E-state index in [4.69, 9.17) is 0 Å². The van der Waals surface area contributed by atoms with Gasteiger partial charge in [0, 0.05) is 17.5 Å². The van der Waals surface area contributed by atoms with Crippen LogP contribution >= 0.6 is 11.3 Å². The van der Waals surface area contributed by atoms with E-state index in [2.05, 4.69) is 53.6 Å². The first-order chi connectivity index (χ1) is 13.1. The van der Waals surface area contributed by atoms with E-state index in [1.54, 1.807) is 6.20 Å². The Morgan fingerprint density at radius 2 is 2.07 bits per heavy atom. The summed E-state index contributed by atoms with van der Waals surface area (Å²) in [5, 5.41) is 5.56. The van der Waals surface area contributed by atoms with Crippen LogP contribution in [0.15, 0.2) is 66.2 Å². The molecule has 0 aliphatic heterocycles. The van der Waals surface area contributed by atoms with Crippen molar-refractivity contribution in [3.63, 3.8) is 0 Å². The molecule has 3 nitrogen and oxygen atoms in total. The summed E-state index contributed by atoms with van der Waals surface area (Å²) < 4.78 is 0. The molecule has 2 atom stereocenters. The number of anilines is 1. The SMILES string of the molecule is C/C=C/c1ccc2c(c1)[C@H](c1ccccc1)[C@](C)(C(=O)Nc1nccs1)C2. The van der Waals surface area contributed by atoms with Crippen molar-refractivity contribution < 1.29 is 4.79 Å². The fraction of sp³-hybridized carbons (Fsp3) is 0.217. The van der Waals surface area contributed by atoms with Crippen molar-refractivity contribution in [3.05, 3.63) is 88.4 Å². The lowest BCUT2D eigenvalue weighted by Crippen LogP contribution is -2.37. The Morgan fingerprint density at radius 3 is 2.78 bits per heavy atom. The van der Waals surface area contributed by atoms with Gasteiger partial charge in [0.15, 0.2) is 5.13 Å². The predicted octanol–water partition coefficient (Wildman–Crippen LogP) is 5.51. The minimum absolute atomic E-state index is 0.0128. The number of thiazole rings is 1. The third kappa shape index (κ3) is 3.21. The average molecular weight is 375 g/mol. The number of carbonyl (C=O) groups is 1. The molecule has 1 aromatic heterocycles. The molecule has 4 heteroatoms. The molecule has 0 unspecified atom stereocenters. The monoisotopic (exact) mass is 374 g/mol. The minimum Gasteiger partial charge on any atom is -0.301 e. The van der Waals surface area contributed by atoms with Gasteiger partial charge < -0.3 is 5.32 Å². The van der Waals surface area contributed by atoms with Crippen LogP contribution in [0.1, 0.15) is 42.0 Å². The Bertz CT molecular complexity index is 979. The Balaban J connectivity index is 1.80. The molecule has 3 aromatic rings. The molecule has 0 fully saturated rings. The zero-order chi connectivity index (χ0) is 18.9. The standard InChI is InChI=1S/C23H22N2OS/c1-3-7-16-10-11-18-15-23(2,21(26)25-22-24-12-13-27-22)20(19(18)14-16)17-8-5-4-6-9-17/h3-14,20H,15H2,1-2H3,(H,24,25,26)/b7-3+/t20-,23+/m0/s1. The van der Waals surface area contributed by atoms with Gasteiger partial charge in [-0.05, 0) is 42.5 Å². The molecular weight excluding hydrogens is 352 g/mol. The highest BCUT2D eigenvalue weighted by atomic mass is 32.1. The highest BCUT2D eigenvalue weighted by Crippen LogP contribution is 2.51. The average Bonchev–Trinajstić information content (AvgIpc) is 3.28. The molecule has 27 heavy (non-hydrogen) atoms. The molecule has 136 valence electrons. The van der Waals surface area contributed by atoms with Gasteiger partial charge in [0.1, 0.15) is 0 Å². The van der Waals surface area contributed by atoms with Crippen molar-refractivity contribution in [1.29, 1.82) is 0 Å². The normalized spacial score (nSPS) is 21.3. The second kappa shape index (κ2) is 7.12. The predicted molar refractivity (Wildman–Crippen MR) is 112 cm³/mol. The second-order valence-corrected chi connectivity index (χ2v) is 8.08. The van der Waals surface area contributed by atoms with Gasteiger partial charge in [-0.15, -0.1) is 11.3 Å². The molecular formula is C23H22N2OS. The number of hydrogen-bond donors (Lipinski definition) is 1. The van der Waals surface area contributed by atoms with Gasteiger partial charge in [0.05, 0.1) is 5.41 Å². The number of carbonyl (C=O) groups excluding carboxylic acids is 1. The zero-order valence-electron chi connectivity index (χ0n) is 15.5. The molecule has 0 saturated carbocycles. The van der Waals surface area contributed by atoms with Crippen LogP contribution in [0.3, 0.4) is 0 Å². The van der Waals surface area contributed by atoms with E-state index in [1.165, 1.54) is 33.6 Å². The number of rotatable bonds is 4. The van der Waals surface area contributed by atoms with Crippen LogP contribution in [0, 0.1) is 5.41 Å². The molecule has 2 aromatic carbocycles. The largest absolute Gasteiger partial charge is 0.301 e. The van der Waals surface area contributed by atoms with Gasteiger partial charge in [-0.2, -0.15) is 0 Å². The highest BCUT2D eigenvalue weighted by molar-refractivity contribution is 7.13. The van der Waals surface area contributed by atoms with E-state index >= 15 is 0 Å². The second-order valence-electron chi connectivity index (χ2n) is 7.19. The van der Waals surface area contributed by atoms with E-state index in [-0.39, 0.29) is 11.8 Å². The smallest absolute Gasteiger partial charge is 0.233 e. The van der Waals surface area contributed by atoms with E-state index in [0.29, 0.717) is 5.13 Å². The summed E-state index contributed by atoms with van der Waals surface area (Å²) in [5.74, 6) is 0.0361. The first-order valence-electron chi connectivity index (χ1n) is 9.13. The first kappa shape index (κ1) is 17.7. The number of hydrogen-bond acceptors (Lipinski definition) is 3. The van der Waals surface area contributed by atoms with Gasteiger partial charge in [-0.3, -0.25) is 4.79 Å². The van der Waals surface area contributed by atoms with Crippen molar-refractivity contribution in [2.24, 2.45) is 5.41 Å². The molecule has 0 radical (unpaired) electrons. The molecule has 1 heterocycles. The van der Waals surface area contributed by atoms with Gasteiger partial charge >= 0.3 is 0 Å². The summed E-state index contributed by atoms with van der Waals surface area (Å²) in [6.07, 6.45) is 6.58. The summed E-state index contributed by atoms with van der Waals surface area (Å²) in [6, 6.07) is 16.9. The summed E-state index contributed by atoms with van der Waals surface area (Å²) in [4.78, 5) is 17.6. The summed E-state index contributed by atoms with van der Waals surface area (Å²) in [6.45, 7) is 4.09. The van der Waals surface area contributed by atoms with E-state index < -0.39 is 5.41 Å². The van der Waals surface area contributed by atoms with Crippen LogP contribution in [0.5, 0.6) is 0 Å².